The number of halogens is 1. The first kappa shape index (κ1) is 8.89. The zero-order valence-corrected chi connectivity index (χ0v) is 9.38. The van der Waals surface area contributed by atoms with Crippen LogP contribution >= 0.6 is 15.9 Å². The predicted octanol–water partition coefficient (Wildman–Crippen LogP) is 2.03. The molecule has 1 fully saturated rings. The summed E-state index contributed by atoms with van der Waals surface area (Å²) in [4.78, 5) is 0. The molecule has 0 saturated carbocycles. The number of ether oxygens (including phenoxy) is 1. The largest absolute Gasteiger partial charge is 0.375 e. The van der Waals surface area contributed by atoms with Gasteiger partial charge in [0.1, 0.15) is 0 Å². The summed E-state index contributed by atoms with van der Waals surface area (Å²) in [6.07, 6.45) is 1.41. The topological polar surface area (TPSA) is 21.3 Å². The predicted molar refractivity (Wildman–Crippen MR) is 58.3 cm³/mol. The molecule has 0 spiro atoms. The molecule has 0 bridgehead atoms. The van der Waals surface area contributed by atoms with E-state index in [0.29, 0.717) is 12.1 Å². The van der Waals surface area contributed by atoms with E-state index in [1.165, 1.54) is 11.1 Å². The summed E-state index contributed by atoms with van der Waals surface area (Å²) in [5.41, 5.74) is 2.83. The molecule has 0 radical (unpaired) electrons. The lowest BCUT2D eigenvalue weighted by Gasteiger charge is -2.27. The molecule has 2 atom stereocenters. The van der Waals surface area contributed by atoms with Gasteiger partial charge in [-0.25, -0.2) is 0 Å². The Balaban J connectivity index is 2.02. The summed E-state index contributed by atoms with van der Waals surface area (Å²) in [6, 6.07) is 6.93. The van der Waals surface area contributed by atoms with Crippen LogP contribution < -0.4 is 5.32 Å². The molecule has 2 aliphatic rings. The van der Waals surface area contributed by atoms with E-state index in [0.717, 1.165) is 24.0 Å². The standard InChI is InChI=1S/C11H12BrNO/c12-8-2-1-7-5-10-11(9(7)6-8)13-3-4-14-10/h1-2,6,10-11,13H,3-5H2. The third-order valence-electron chi connectivity index (χ3n) is 3.03. The van der Waals surface area contributed by atoms with Crippen LogP contribution in [0.3, 0.4) is 0 Å². The van der Waals surface area contributed by atoms with Gasteiger partial charge in [0.25, 0.3) is 0 Å². The molecule has 1 N–H and O–H groups in total. The van der Waals surface area contributed by atoms with Crippen LogP contribution in [0.5, 0.6) is 0 Å². The van der Waals surface area contributed by atoms with Gasteiger partial charge in [0.2, 0.25) is 0 Å². The summed E-state index contributed by atoms with van der Waals surface area (Å²) in [6.45, 7) is 1.81. The fourth-order valence-electron chi connectivity index (χ4n) is 2.40. The molecule has 1 aliphatic heterocycles. The Morgan fingerprint density at radius 3 is 3.29 bits per heavy atom. The van der Waals surface area contributed by atoms with E-state index >= 15 is 0 Å². The molecule has 0 aromatic heterocycles. The normalized spacial score (nSPS) is 29.8. The van der Waals surface area contributed by atoms with Crippen LogP contribution in [-0.4, -0.2) is 19.3 Å². The third kappa shape index (κ3) is 1.31. The van der Waals surface area contributed by atoms with E-state index in [2.05, 4.69) is 39.4 Å². The van der Waals surface area contributed by atoms with Crippen LogP contribution in [-0.2, 0) is 11.2 Å². The number of morpholine rings is 1. The highest BCUT2D eigenvalue weighted by Gasteiger charge is 2.34. The van der Waals surface area contributed by atoms with Crippen molar-refractivity contribution in [3.8, 4) is 0 Å². The third-order valence-corrected chi connectivity index (χ3v) is 3.53. The minimum absolute atomic E-state index is 0.355. The minimum Gasteiger partial charge on any atom is -0.375 e. The van der Waals surface area contributed by atoms with Gasteiger partial charge in [0.05, 0.1) is 18.8 Å². The van der Waals surface area contributed by atoms with Crippen molar-refractivity contribution in [2.24, 2.45) is 0 Å². The first-order chi connectivity index (χ1) is 6.84. The summed E-state index contributed by atoms with van der Waals surface area (Å²) >= 11 is 3.51. The number of hydrogen-bond donors (Lipinski definition) is 1. The highest BCUT2D eigenvalue weighted by molar-refractivity contribution is 9.10. The molecule has 3 rings (SSSR count). The molecule has 1 saturated heterocycles. The van der Waals surface area contributed by atoms with Gasteiger partial charge in [0, 0.05) is 17.4 Å². The fraction of sp³-hybridized carbons (Fsp3) is 0.455. The average Bonchev–Trinajstić information content (AvgIpc) is 2.56. The average molecular weight is 254 g/mol. The van der Waals surface area contributed by atoms with Crippen molar-refractivity contribution in [3.63, 3.8) is 0 Å². The van der Waals surface area contributed by atoms with E-state index in [9.17, 15) is 0 Å². The second kappa shape index (κ2) is 3.33. The van der Waals surface area contributed by atoms with Crippen molar-refractivity contribution in [1.29, 1.82) is 0 Å². The Morgan fingerprint density at radius 1 is 1.43 bits per heavy atom. The maximum atomic E-state index is 5.75. The number of benzene rings is 1. The molecule has 1 aromatic carbocycles. The van der Waals surface area contributed by atoms with E-state index in [1.807, 2.05) is 0 Å². The Bertz CT molecular complexity index is 366. The van der Waals surface area contributed by atoms with Crippen molar-refractivity contribution in [2.45, 2.75) is 18.6 Å². The quantitative estimate of drug-likeness (QED) is 0.764. The second-order valence-electron chi connectivity index (χ2n) is 3.89. The van der Waals surface area contributed by atoms with E-state index in [4.69, 9.17) is 4.74 Å². The van der Waals surface area contributed by atoms with E-state index in [1.54, 1.807) is 0 Å². The maximum Gasteiger partial charge on any atom is 0.0810 e. The summed E-state index contributed by atoms with van der Waals surface area (Å²) in [7, 11) is 0. The van der Waals surface area contributed by atoms with Crippen molar-refractivity contribution in [2.75, 3.05) is 13.2 Å². The van der Waals surface area contributed by atoms with Crippen LogP contribution in [0.2, 0.25) is 0 Å². The van der Waals surface area contributed by atoms with Gasteiger partial charge in [-0.3, -0.25) is 0 Å². The van der Waals surface area contributed by atoms with Crippen LogP contribution in [0.1, 0.15) is 17.2 Å². The minimum atomic E-state index is 0.355. The van der Waals surface area contributed by atoms with Crippen molar-refractivity contribution in [3.05, 3.63) is 33.8 Å². The Hall–Kier alpha value is -0.380. The molecule has 0 amide bonds. The van der Waals surface area contributed by atoms with Gasteiger partial charge in [-0.15, -0.1) is 0 Å². The Kier molecular flexibility index (Phi) is 2.11. The van der Waals surface area contributed by atoms with Gasteiger partial charge >= 0.3 is 0 Å². The van der Waals surface area contributed by atoms with Crippen LogP contribution in [0, 0.1) is 0 Å². The lowest BCUT2D eigenvalue weighted by molar-refractivity contribution is 0.00503. The molecule has 74 valence electrons. The molecular weight excluding hydrogens is 242 g/mol. The van der Waals surface area contributed by atoms with Gasteiger partial charge in [-0.05, 0) is 23.3 Å². The summed E-state index contributed by atoms with van der Waals surface area (Å²) in [5.74, 6) is 0. The van der Waals surface area contributed by atoms with Crippen molar-refractivity contribution < 1.29 is 4.74 Å². The lowest BCUT2D eigenvalue weighted by Crippen LogP contribution is -2.39. The number of nitrogens with one attached hydrogen (secondary N) is 1. The van der Waals surface area contributed by atoms with Crippen LogP contribution in [0.15, 0.2) is 22.7 Å². The SMILES string of the molecule is Brc1ccc2c(c1)C1NCCOC1C2. The second-order valence-corrected chi connectivity index (χ2v) is 4.80. The molecule has 1 aromatic rings. The highest BCUT2D eigenvalue weighted by atomic mass is 79.9. The molecule has 3 heteroatoms. The smallest absolute Gasteiger partial charge is 0.0810 e. The zero-order chi connectivity index (χ0) is 9.54. The van der Waals surface area contributed by atoms with Gasteiger partial charge < -0.3 is 10.1 Å². The van der Waals surface area contributed by atoms with Crippen molar-refractivity contribution in [1.82, 2.24) is 5.32 Å². The molecule has 1 heterocycles. The van der Waals surface area contributed by atoms with E-state index in [-0.39, 0.29) is 0 Å². The Labute approximate surface area is 91.8 Å². The summed E-state index contributed by atoms with van der Waals surface area (Å²) < 4.78 is 6.90. The maximum absolute atomic E-state index is 5.75. The van der Waals surface area contributed by atoms with Crippen LogP contribution in [0.25, 0.3) is 0 Å². The number of hydrogen-bond acceptors (Lipinski definition) is 2. The first-order valence-electron chi connectivity index (χ1n) is 4.98. The highest BCUT2D eigenvalue weighted by Crippen LogP contribution is 2.36. The fourth-order valence-corrected chi connectivity index (χ4v) is 2.78. The van der Waals surface area contributed by atoms with Gasteiger partial charge in [-0.1, -0.05) is 22.0 Å². The molecular formula is C11H12BrNO. The Morgan fingerprint density at radius 2 is 2.36 bits per heavy atom. The number of rotatable bonds is 0. The summed E-state index contributed by atoms with van der Waals surface area (Å²) in [5, 5.41) is 3.52. The van der Waals surface area contributed by atoms with Crippen LogP contribution in [0.4, 0.5) is 0 Å². The first-order valence-corrected chi connectivity index (χ1v) is 5.77. The molecule has 2 unspecified atom stereocenters. The monoisotopic (exact) mass is 253 g/mol. The van der Waals surface area contributed by atoms with Gasteiger partial charge in [-0.2, -0.15) is 0 Å². The molecule has 1 aliphatic carbocycles. The molecule has 14 heavy (non-hydrogen) atoms. The van der Waals surface area contributed by atoms with Crippen molar-refractivity contribution >= 4 is 15.9 Å². The molecule has 2 nitrogen and oxygen atoms in total. The van der Waals surface area contributed by atoms with Gasteiger partial charge in [0.15, 0.2) is 0 Å². The zero-order valence-electron chi connectivity index (χ0n) is 7.79. The lowest BCUT2D eigenvalue weighted by atomic mass is 10.1. The van der Waals surface area contributed by atoms with E-state index < -0.39 is 0 Å². The number of fused-ring (bicyclic) bond motifs is 3.